The van der Waals surface area contributed by atoms with Gasteiger partial charge in [-0.3, -0.25) is 9.52 Å². The van der Waals surface area contributed by atoms with Gasteiger partial charge in [-0.2, -0.15) is 13.2 Å². The first-order valence-corrected chi connectivity index (χ1v) is 12.0. The van der Waals surface area contributed by atoms with Gasteiger partial charge in [0.25, 0.3) is 10.0 Å². The molecule has 0 atom stereocenters. The molecule has 0 spiro atoms. The molecule has 3 N–H and O–H groups in total. The summed E-state index contributed by atoms with van der Waals surface area (Å²) < 4.78 is 59.7. The fourth-order valence-corrected chi connectivity index (χ4v) is 4.63. The van der Waals surface area contributed by atoms with Crippen LogP contribution in [0.5, 0.6) is 0 Å². The van der Waals surface area contributed by atoms with Gasteiger partial charge in [0.2, 0.25) is 5.91 Å². The lowest BCUT2D eigenvalue weighted by atomic mass is 9.95. The van der Waals surface area contributed by atoms with Gasteiger partial charge >= 0.3 is 12.1 Å². The molecule has 1 fully saturated rings. The Kier molecular flexibility index (Phi) is 8.35. The van der Waals surface area contributed by atoms with Gasteiger partial charge in [-0.1, -0.05) is 36.8 Å². The van der Waals surface area contributed by atoms with Gasteiger partial charge in [0.15, 0.2) is 0 Å². The quantitative estimate of drug-likeness (QED) is 0.525. The lowest BCUT2D eigenvalue weighted by Crippen LogP contribution is -2.35. The largest absolute Gasteiger partial charge is 0.490 e. The van der Waals surface area contributed by atoms with Crippen LogP contribution in [-0.2, 0) is 25.0 Å². The lowest BCUT2D eigenvalue weighted by Gasteiger charge is -2.16. The van der Waals surface area contributed by atoms with Crippen LogP contribution in [0.4, 0.5) is 18.9 Å². The van der Waals surface area contributed by atoms with Crippen LogP contribution in [0.3, 0.4) is 0 Å². The topological polar surface area (TPSA) is 113 Å². The zero-order valence-corrected chi connectivity index (χ0v) is 19.8. The van der Waals surface area contributed by atoms with E-state index < -0.39 is 27.6 Å². The molecule has 0 aromatic heterocycles. The van der Waals surface area contributed by atoms with Crippen LogP contribution in [0.1, 0.15) is 42.9 Å². The van der Waals surface area contributed by atoms with Gasteiger partial charge < -0.3 is 10.4 Å². The third-order valence-electron chi connectivity index (χ3n) is 5.27. The maximum atomic E-state index is 12.7. The minimum atomic E-state index is -5.08. The normalized spacial score (nSPS) is 14.4. The van der Waals surface area contributed by atoms with Crippen molar-refractivity contribution in [1.29, 1.82) is 0 Å². The molecular weight excluding hydrogens is 473 g/mol. The Balaban J connectivity index is 0.000000509. The first-order valence-electron chi connectivity index (χ1n) is 10.5. The summed E-state index contributed by atoms with van der Waals surface area (Å²) in [6.07, 6.45) is -2.52. The summed E-state index contributed by atoms with van der Waals surface area (Å²) in [5, 5.41) is 10.1. The number of carbonyl (C=O) groups is 2. The number of aliphatic carboxylic acids is 1. The second-order valence-electron chi connectivity index (χ2n) is 8.09. The molecule has 0 unspecified atom stereocenters. The number of carboxylic acids is 1. The second-order valence-corrected chi connectivity index (χ2v) is 9.74. The number of sulfonamides is 1. The summed E-state index contributed by atoms with van der Waals surface area (Å²) in [5.74, 6) is -2.69. The van der Waals surface area contributed by atoms with E-state index in [-0.39, 0.29) is 10.8 Å². The van der Waals surface area contributed by atoms with Crippen LogP contribution in [0.25, 0.3) is 0 Å². The van der Waals surface area contributed by atoms with E-state index in [9.17, 15) is 26.4 Å². The SMILES string of the molecule is CCCNC(=O)C1(c2ccc(NS(=O)(=O)c3ccc(C)cc3C)cc2)CC1.O=C(O)C(F)(F)F. The minimum Gasteiger partial charge on any atom is -0.475 e. The van der Waals surface area contributed by atoms with Crippen LogP contribution in [-0.4, -0.2) is 38.1 Å². The Morgan fingerprint density at radius 2 is 1.62 bits per heavy atom. The number of nitrogens with one attached hydrogen (secondary N) is 2. The number of aryl methyl sites for hydroxylation is 2. The molecule has 0 saturated heterocycles. The molecule has 0 bridgehead atoms. The number of rotatable bonds is 7. The molecule has 1 amide bonds. The van der Waals surface area contributed by atoms with E-state index >= 15 is 0 Å². The number of carbonyl (C=O) groups excluding carboxylic acids is 1. The van der Waals surface area contributed by atoms with Crippen LogP contribution in [0, 0.1) is 13.8 Å². The van der Waals surface area contributed by atoms with Crippen molar-refractivity contribution in [1.82, 2.24) is 5.32 Å². The van der Waals surface area contributed by atoms with Crippen LogP contribution < -0.4 is 10.0 Å². The number of benzene rings is 2. The molecule has 1 saturated carbocycles. The molecule has 2 aromatic rings. The van der Waals surface area contributed by atoms with Crippen molar-refractivity contribution in [3.05, 3.63) is 59.2 Å². The van der Waals surface area contributed by atoms with E-state index in [1.807, 2.05) is 32.0 Å². The smallest absolute Gasteiger partial charge is 0.475 e. The van der Waals surface area contributed by atoms with E-state index in [2.05, 4.69) is 10.0 Å². The highest BCUT2D eigenvalue weighted by Crippen LogP contribution is 2.48. The summed E-state index contributed by atoms with van der Waals surface area (Å²) in [7, 11) is -3.65. The maximum Gasteiger partial charge on any atom is 0.490 e. The molecule has 2 aromatic carbocycles. The number of hydrogen-bond acceptors (Lipinski definition) is 4. The molecule has 186 valence electrons. The van der Waals surface area contributed by atoms with Crippen molar-refractivity contribution in [3.8, 4) is 0 Å². The predicted octanol–water partition coefficient (Wildman–Crippen LogP) is 4.30. The van der Waals surface area contributed by atoms with E-state index in [0.29, 0.717) is 17.8 Å². The molecule has 11 heteroatoms. The van der Waals surface area contributed by atoms with E-state index in [0.717, 1.165) is 30.4 Å². The number of amides is 1. The Morgan fingerprint density at radius 1 is 1.06 bits per heavy atom. The zero-order chi connectivity index (χ0) is 25.7. The summed E-state index contributed by atoms with van der Waals surface area (Å²) in [4.78, 5) is 21.6. The molecular formula is C23H27F3N2O5S. The number of halogens is 3. The Morgan fingerprint density at radius 3 is 2.06 bits per heavy atom. The summed E-state index contributed by atoms with van der Waals surface area (Å²) >= 11 is 0. The summed E-state index contributed by atoms with van der Waals surface area (Å²) in [5.41, 5.74) is 2.71. The van der Waals surface area contributed by atoms with E-state index in [4.69, 9.17) is 9.90 Å². The third-order valence-corrected chi connectivity index (χ3v) is 6.81. The van der Waals surface area contributed by atoms with Crippen LogP contribution in [0.15, 0.2) is 47.4 Å². The number of carboxylic acid groups (broad SMARTS) is 1. The van der Waals surface area contributed by atoms with Gasteiger partial charge in [0.05, 0.1) is 10.3 Å². The van der Waals surface area contributed by atoms with Crippen molar-refractivity contribution in [2.45, 2.75) is 56.5 Å². The molecule has 1 aliphatic carbocycles. The standard InChI is InChI=1S/C21H26N2O3S.C2HF3O2/c1-4-13-22-20(24)21(11-12-21)17-6-8-18(9-7-17)23-27(25,26)19-10-5-15(2)14-16(19)3;3-2(4,5)1(6)7/h5-10,14,23H,4,11-13H2,1-3H3,(H,22,24);(H,6,7). The van der Waals surface area contributed by atoms with Gasteiger partial charge in [0.1, 0.15) is 0 Å². The monoisotopic (exact) mass is 500 g/mol. The predicted molar refractivity (Wildman–Crippen MR) is 121 cm³/mol. The van der Waals surface area contributed by atoms with E-state index in [1.165, 1.54) is 0 Å². The molecule has 0 heterocycles. The maximum absolute atomic E-state index is 12.7. The van der Waals surface area contributed by atoms with Gasteiger partial charge in [-0.25, -0.2) is 13.2 Å². The van der Waals surface area contributed by atoms with Crippen molar-refractivity contribution in [2.24, 2.45) is 0 Å². The average Bonchev–Trinajstić information content (AvgIpc) is 3.54. The fraction of sp³-hybridized carbons (Fsp3) is 0.391. The second kappa shape index (κ2) is 10.5. The third kappa shape index (κ3) is 6.72. The molecule has 7 nitrogen and oxygen atoms in total. The highest BCUT2D eigenvalue weighted by atomic mass is 32.2. The Bertz CT molecular complexity index is 1140. The number of alkyl halides is 3. The van der Waals surface area contributed by atoms with Crippen molar-refractivity contribution in [2.75, 3.05) is 11.3 Å². The fourth-order valence-electron chi connectivity index (χ4n) is 3.35. The molecule has 0 aliphatic heterocycles. The van der Waals surface area contributed by atoms with Gasteiger partial charge in [0, 0.05) is 12.2 Å². The summed E-state index contributed by atoms with van der Waals surface area (Å²) in [6, 6.07) is 12.4. The minimum absolute atomic E-state index is 0.0629. The average molecular weight is 501 g/mol. The van der Waals surface area contributed by atoms with Crippen molar-refractivity contribution >= 4 is 27.6 Å². The number of hydrogen-bond donors (Lipinski definition) is 3. The molecule has 3 rings (SSSR count). The van der Waals surface area contributed by atoms with Gasteiger partial charge in [-0.05, 0) is 62.4 Å². The summed E-state index contributed by atoms with van der Waals surface area (Å²) in [6.45, 7) is 6.42. The van der Waals surface area contributed by atoms with E-state index in [1.54, 1.807) is 31.2 Å². The molecule has 34 heavy (non-hydrogen) atoms. The van der Waals surface area contributed by atoms with Gasteiger partial charge in [-0.15, -0.1) is 0 Å². The zero-order valence-electron chi connectivity index (χ0n) is 19.0. The Labute approximate surface area is 196 Å². The highest BCUT2D eigenvalue weighted by Gasteiger charge is 2.51. The highest BCUT2D eigenvalue weighted by molar-refractivity contribution is 7.92. The first-order chi connectivity index (χ1) is 15.7. The Hall–Kier alpha value is -3.08. The van der Waals surface area contributed by atoms with Crippen molar-refractivity contribution < 1.29 is 36.3 Å². The molecule has 1 aliphatic rings. The van der Waals surface area contributed by atoms with Crippen molar-refractivity contribution in [3.63, 3.8) is 0 Å². The molecule has 0 radical (unpaired) electrons. The number of anilines is 1. The first kappa shape index (κ1) is 27.2. The lowest BCUT2D eigenvalue weighted by molar-refractivity contribution is -0.192. The van der Waals surface area contributed by atoms with Crippen LogP contribution in [0.2, 0.25) is 0 Å². The van der Waals surface area contributed by atoms with Crippen LogP contribution >= 0.6 is 0 Å².